The van der Waals surface area contributed by atoms with Gasteiger partial charge in [-0.1, -0.05) is 56.6 Å². The van der Waals surface area contributed by atoms with Crippen LogP contribution in [0.25, 0.3) is 0 Å². The van der Waals surface area contributed by atoms with E-state index in [0.717, 1.165) is 6.42 Å². The minimum Gasteiger partial charge on any atom is -0.854 e. The normalized spacial score (nSPS) is 12.5. The average Bonchev–Trinajstić information content (AvgIpc) is 2.47. The van der Waals surface area contributed by atoms with E-state index in [1.165, 1.54) is 11.1 Å². The van der Waals surface area contributed by atoms with Gasteiger partial charge < -0.3 is 5.11 Å². The first-order chi connectivity index (χ1) is 9.90. The predicted octanol–water partition coefficient (Wildman–Crippen LogP) is 2.40. The Labute approximate surface area is 126 Å². The van der Waals surface area contributed by atoms with E-state index in [-0.39, 0.29) is 11.3 Å². The minimum absolute atomic E-state index is 0.0868. The van der Waals surface area contributed by atoms with Crippen molar-refractivity contribution in [3.8, 4) is 0 Å². The number of rotatable bonds is 3. The van der Waals surface area contributed by atoms with Gasteiger partial charge in [0.05, 0.1) is 5.90 Å². The maximum Gasteiger partial charge on any atom is 0.202 e. The summed E-state index contributed by atoms with van der Waals surface area (Å²) in [4.78, 5) is 0. The molecule has 1 aromatic carbocycles. The maximum absolute atomic E-state index is 12.1. The molecule has 2 rings (SSSR count). The fraction of sp³-hybridized carbons (Fsp3) is 0.333. The summed E-state index contributed by atoms with van der Waals surface area (Å²) in [6.45, 7) is 8.55. The molecule has 0 unspecified atom stereocenters. The summed E-state index contributed by atoms with van der Waals surface area (Å²) in [5, 5.41) is 16.2. The van der Waals surface area contributed by atoms with E-state index in [1.807, 2.05) is 36.4 Å². The first kappa shape index (κ1) is 15.2. The van der Waals surface area contributed by atoms with Gasteiger partial charge in [0.25, 0.3) is 0 Å². The van der Waals surface area contributed by atoms with Crippen LogP contribution in [-0.4, -0.2) is 5.90 Å². The van der Waals surface area contributed by atoms with E-state index in [4.69, 9.17) is 0 Å². The van der Waals surface area contributed by atoms with Crippen LogP contribution in [0.15, 0.2) is 53.9 Å². The Hall–Kier alpha value is -2.16. The van der Waals surface area contributed by atoms with Gasteiger partial charge in [0, 0.05) is 12.1 Å². The van der Waals surface area contributed by atoms with Crippen LogP contribution in [0, 0.1) is 0 Å². The molecule has 0 fully saturated rings. The molecule has 21 heavy (non-hydrogen) atoms. The molecule has 110 valence electrons. The second-order valence-corrected chi connectivity index (χ2v) is 6.17. The molecular formula is C18H22N2O. The minimum atomic E-state index is -0.232. The van der Waals surface area contributed by atoms with Crippen LogP contribution in [0.5, 0.6) is 0 Å². The van der Waals surface area contributed by atoms with Crippen molar-refractivity contribution >= 4 is 5.90 Å². The Kier molecular flexibility index (Phi) is 4.41. The van der Waals surface area contributed by atoms with Crippen LogP contribution in [0.2, 0.25) is 0 Å². The van der Waals surface area contributed by atoms with Crippen LogP contribution in [0.1, 0.15) is 44.4 Å². The molecule has 2 aromatic rings. The number of benzene rings is 1. The zero-order valence-corrected chi connectivity index (χ0v) is 13.1. The molecule has 3 nitrogen and oxygen atoms in total. The topological polar surface area (TPSA) is 39.3 Å². The molecule has 0 spiro atoms. The first-order valence-corrected chi connectivity index (χ1v) is 7.27. The molecule has 0 radical (unpaired) electrons. The lowest BCUT2D eigenvalue weighted by atomic mass is 9.87. The Morgan fingerprint density at radius 3 is 2.10 bits per heavy atom. The first-order valence-electron chi connectivity index (χ1n) is 7.27. The van der Waals surface area contributed by atoms with Gasteiger partial charge in [-0.15, -0.1) is 0 Å². The number of aryl methyl sites for hydroxylation is 1. The number of hydrogen-bond acceptors (Lipinski definition) is 2. The van der Waals surface area contributed by atoms with Gasteiger partial charge in [0.2, 0.25) is 12.4 Å². The highest BCUT2D eigenvalue weighted by Crippen LogP contribution is 2.21. The van der Waals surface area contributed by atoms with Crippen molar-refractivity contribution in [3.05, 3.63) is 65.5 Å². The zero-order chi connectivity index (χ0) is 15.5. The molecular weight excluding hydrogens is 260 g/mol. The van der Waals surface area contributed by atoms with Crippen molar-refractivity contribution in [1.29, 1.82) is 0 Å². The van der Waals surface area contributed by atoms with Crippen molar-refractivity contribution in [2.45, 2.75) is 39.5 Å². The number of nitrogens with zero attached hydrogens (tertiary/aromatic N) is 2. The molecule has 1 aromatic heterocycles. The van der Waals surface area contributed by atoms with Crippen molar-refractivity contribution < 1.29 is 9.78 Å². The summed E-state index contributed by atoms with van der Waals surface area (Å²) in [5.41, 5.74) is 3.13. The lowest BCUT2D eigenvalue weighted by Crippen LogP contribution is -2.33. The quantitative estimate of drug-likeness (QED) is 0.484. The fourth-order valence-corrected chi connectivity index (χ4v) is 2.03. The monoisotopic (exact) mass is 282 g/mol. The average molecular weight is 282 g/mol. The van der Waals surface area contributed by atoms with Gasteiger partial charge in [-0.25, -0.2) is 0 Å². The number of pyridine rings is 1. The number of aromatic nitrogens is 1. The fourth-order valence-electron chi connectivity index (χ4n) is 2.03. The summed E-state index contributed by atoms with van der Waals surface area (Å²) in [7, 11) is 0. The van der Waals surface area contributed by atoms with Gasteiger partial charge in [-0.3, -0.25) is 0 Å². The van der Waals surface area contributed by atoms with Crippen molar-refractivity contribution in [2.75, 3.05) is 0 Å². The molecule has 0 amide bonds. The lowest BCUT2D eigenvalue weighted by molar-refractivity contribution is -0.681. The largest absolute Gasteiger partial charge is 0.854 e. The van der Waals surface area contributed by atoms with E-state index in [1.54, 1.807) is 17.1 Å². The van der Waals surface area contributed by atoms with Crippen LogP contribution < -0.4 is 9.78 Å². The van der Waals surface area contributed by atoms with Gasteiger partial charge in [-0.05, 0) is 33.6 Å². The molecule has 0 aliphatic rings. The summed E-state index contributed by atoms with van der Waals surface area (Å²) in [5.74, 6) is -0.232. The highest BCUT2D eigenvalue weighted by molar-refractivity contribution is 5.90. The van der Waals surface area contributed by atoms with Crippen LogP contribution >= 0.6 is 0 Å². The summed E-state index contributed by atoms with van der Waals surface area (Å²) < 4.78 is 1.55. The van der Waals surface area contributed by atoms with Crippen LogP contribution in [0.4, 0.5) is 0 Å². The second kappa shape index (κ2) is 6.08. The molecule has 0 saturated heterocycles. The third kappa shape index (κ3) is 3.91. The SMILES string of the molecule is CCc1cc[n+](/N=C(/[O-])c2ccc(C(C)(C)C)cc2)cc1. The second-order valence-electron chi connectivity index (χ2n) is 6.17. The van der Waals surface area contributed by atoms with Crippen molar-refractivity contribution in [1.82, 2.24) is 0 Å². The predicted molar refractivity (Wildman–Crippen MR) is 83.1 cm³/mol. The highest BCUT2D eigenvalue weighted by Gasteiger charge is 2.12. The third-order valence-electron chi connectivity index (χ3n) is 3.50. The van der Waals surface area contributed by atoms with Gasteiger partial charge in [0.15, 0.2) is 0 Å². The van der Waals surface area contributed by atoms with E-state index in [0.29, 0.717) is 5.56 Å². The molecule has 0 atom stereocenters. The van der Waals surface area contributed by atoms with Gasteiger partial charge >= 0.3 is 0 Å². The Morgan fingerprint density at radius 1 is 1.05 bits per heavy atom. The third-order valence-corrected chi connectivity index (χ3v) is 3.50. The van der Waals surface area contributed by atoms with Gasteiger partial charge in [-0.2, -0.15) is 0 Å². The lowest BCUT2D eigenvalue weighted by Gasteiger charge is -2.19. The Balaban J connectivity index is 2.22. The zero-order valence-electron chi connectivity index (χ0n) is 13.1. The smallest absolute Gasteiger partial charge is 0.202 e. The highest BCUT2D eigenvalue weighted by atomic mass is 16.3. The molecule has 0 saturated carbocycles. The van der Waals surface area contributed by atoms with Crippen molar-refractivity contribution in [2.24, 2.45) is 5.10 Å². The summed E-state index contributed by atoms with van der Waals surface area (Å²) in [6, 6.07) is 11.6. The van der Waals surface area contributed by atoms with Crippen LogP contribution in [-0.2, 0) is 11.8 Å². The van der Waals surface area contributed by atoms with E-state index < -0.39 is 0 Å². The molecule has 0 N–H and O–H groups in total. The Bertz CT molecular complexity index is 620. The maximum atomic E-state index is 12.1. The molecule has 0 aliphatic carbocycles. The molecule has 0 aliphatic heterocycles. The van der Waals surface area contributed by atoms with E-state index >= 15 is 0 Å². The molecule has 3 heteroatoms. The van der Waals surface area contributed by atoms with Gasteiger partial charge in [0.1, 0.15) is 0 Å². The molecule has 1 heterocycles. The molecule has 0 bridgehead atoms. The van der Waals surface area contributed by atoms with E-state index in [2.05, 4.69) is 32.8 Å². The van der Waals surface area contributed by atoms with E-state index in [9.17, 15) is 5.11 Å². The van der Waals surface area contributed by atoms with Crippen LogP contribution in [0.3, 0.4) is 0 Å². The van der Waals surface area contributed by atoms with Crippen molar-refractivity contribution in [3.63, 3.8) is 0 Å². The number of hydrogen-bond donors (Lipinski definition) is 0. The Morgan fingerprint density at radius 2 is 1.62 bits per heavy atom. The summed E-state index contributed by atoms with van der Waals surface area (Å²) in [6.07, 6.45) is 4.59. The summed E-state index contributed by atoms with van der Waals surface area (Å²) >= 11 is 0. The standard InChI is InChI=1S/C18H22N2O/c1-5-14-10-12-20(13-11-14)19-17(21)15-6-8-16(9-7-15)18(2,3)4/h6-13H,5H2,1-4H3.